The number of carbonyl (C=O) groups excluding carboxylic acids is 1. The van der Waals surface area contributed by atoms with Crippen molar-refractivity contribution in [3.05, 3.63) is 95.4 Å². The lowest BCUT2D eigenvalue weighted by atomic mass is 10.2. The van der Waals surface area contributed by atoms with Crippen LogP contribution in [-0.2, 0) is 21.3 Å². The number of anilines is 1. The number of benzene rings is 3. The van der Waals surface area contributed by atoms with E-state index >= 15 is 0 Å². The summed E-state index contributed by atoms with van der Waals surface area (Å²) in [6.07, 6.45) is 0. The van der Waals surface area contributed by atoms with Crippen molar-refractivity contribution in [2.45, 2.75) is 18.4 Å². The van der Waals surface area contributed by atoms with Crippen LogP contribution in [0.25, 0.3) is 10.9 Å². The van der Waals surface area contributed by atoms with Crippen molar-refractivity contribution in [2.24, 2.45) is 0 Å². The van der Waals surface area contributed by atoms with Crippen molar-refractivity contribution in [2.75, 3.05) is 44.1 Å². The number of nitrogens with zero attached hydrogens (tertiary/aromatic N) is 2. The van der Waals surface area contributed by atoms with Crippen molar-refractivity contribution >= 4 is 32.5 Å². The molecule has 3 aromatic carbocycles. The van der Waals surface area contributed by atoms with Crippen LogP contribution in [-0.4, -0.2) is 63.2 Å². The number of aromatic nitrogens is 1. The molecule has 0 bridgehead atoms. The summed E-state index contributed by atoms with van der Waals surface area (Å²) in [6, 6.07) is 19.7. The van der Waals surface area contributed by atoms with Gasteiger partial charge in [0.15, 0.2) is 0 Å². The molecule has 2 heterocycles. The molecule has 0 spiro atoms. The molecule has 204 valence electrons. The number of nitrogens with one attached hydrogen (secondary N) is 2. The third-order valence-corrected chi connectivity index (χ3v) is 8.19. The molecule has 0 saturated carbocycles. The van der Waals surface area contributed by atoms with Gasteiger partial charge in [-0.15, -0.1) is 0 Å². The second kappa shape index (κ2) is 11.6. The van der Waals surface area contributed by atoms with Gasteiger partial charge >= 0.3 is 0 Å². The maximum atomic E-state index is 13.5. The van der Waals surface area contributed by atoms with Gasteiger partial charge in [0.05, 0.1) is 18.1 Å². The molecule has 1 aliphatic heterocycles. The van der Waals surface area contributed by atoms with Crippen molar-refractivity contribution in [3.63, 3.8) is 0 Å². The molecule has 0 unspecified atom stereocenters. The van der Waals surface area contributed by atoms with Crippen molar-refractivity contribution in [3.8, 4) is 0 Å². The number of morpholine rings is 1. The zero-order valence-electron chi connectivity index (χ0n) is 21.7. The standard InChI is InChI=1S/C29H31FN4O4S/c1-21-2-9-26(10-3-21)39(36,37)32-25-8-11-27-23(18-25)19-28(34(27)20-22-4-6-24(30)7-5-22)29(35)31-12-13-33-14-16-38-17-15-33/h2-11,18-19,32H,12-17,20H2,1H3,(H,31,35). The molecule has 4 aromatic rings. The number of rotatable bonds is 9. The fourth-order valence-electron chi connectivity index (χ4n) is 4.64. The van der Waals surface area contributed by atoms with E-state index in [1.54, 1.807) is 60.7 Å². The zero-order valence-corrected chi connectivity index (χ0v) is 22.5. The van der Waals surface area contributed by atoms with Gasteiger partial charge in [0.25, 0.3) is 15.9 Å². The van der Waals surface area contributed by atoms with Crippen LogP contribution in [0.3, 0.4) is 0 Å². The first-order valence-corrected chi connectivity index (χ1v) is 14.3. The minimum Gasteiger partial charge on any atom is -0.379 e. The summed E-state index contributed by atoms with van der Waals surface area (Å²) in [6.45, 7) is 6.50. The largest absolute Gasteiger partial charge is 0.379 e. The second-order valence-corrected chi connectivity index (χ2v) is 11.3. The molecule has 0 aliphatic carbocycles. The Hall–Kier alpha value is -3.73. The van der Waals surface area contributed by atoms with Crippen LogP contribution in [0.2, 0.25) is 0 Å². The summed E-state index contributed by atoms with van der Waals surface area (Å²) in [4.78, 5) is 15.7. The minimum absolute atomic E-state index is 0.169. The number of sulfonamides is 1. The van der Waals surface area contributed by atoms with Crippen LogP contribution in [0.5, 0.6) is 0 Å². The van der Waals surface area contributed by atoms with Gasteiger partial charge in [-0.25, -0.2) is 12.8 Å². The van der Waals surface area contributed by atoms with Gasteiger partial charge in [0, 0.05) is 49.3 Å². The summed E-state index contributed by atoms with van der Waals surface area (Å²) in [5.41, 5.74) is 3.39. The molecule has 10 heteroatoms. The Bertz CT molecular complexity index is 1560. The van der Waals surface area contributed by atoms with Gasteiger partial charge in [-0.05, 0) is 61.0 Å². The van der Waals surface area contributed by atoms with Gasteiger partial charge in [-0.2, -0.15) is 0 Å². The highest BCUT2D eigenvalue weighted by Gasteiger charge is 2.19. The van der Waals surface area contributed by atoms with Crippen LogP contribution >= 0.6 is 0 Å². The summed E-state index contributed by atoms with van der Waals surface area (Å²) in [5.74, 6) is -0.564. The minimum atomic E-state index is -3.78. The third kappa shape index (κ3) is 6.47. The van der Waals surface area contributed by atoms with E-state index in [-0.39, 0.29) is 16.6 Å². The molecule has 0 radical (unpaired) electrons. The number of fused-ring (bicyclic) bond motifs is 1. The van der Waals surface area contributed by atoms with Crippen LogP contribution in [0, 0.1) is 12.7 Å². The highest BCUT2D eigenvalue weighted by molar-refractivity contribution is 7.92. The number of amides is 1. The average molecular weight is 551 g/mol. The van der Waals surface area contributed by atoms with Gasteiger partial charge in [0.1, 0.15) is 11.5 Å². The first-order chi connectivity index (χ1) is 18.8. The van der Waals surface area contributed by atoms with Gasteiger partial charge in [-0.3, -0.25) is 14.4 Å². The summed E-state index contributed by atoms with van der Waals surface area (Å²) >= 11 is 0. The normalized spacial score (nSPS) is 14.4. The van der Waals surface area contributed by atoms with E-state index in [0.29, 0.717) is 43.1 Å². The van der Waals surface area contributed by atoms with Crippen molar-refractivity contribution in [1.29, 1.82) is 0 Å². The van der Waals surface area contributed by atoms with Crippen LogP contribution < -0.4 is 10.0 Å². The van der Waals surface area contributed by atoms with E-state index in [0.717, 1.165) is 36.3 Å². The lowest BCUT2D eigenvalue weighted by molar-refractivity contribution is 0.0383. The number of hydrogen-bond acceptors (Lipinski definition) is 5. The predicted octanol–water partition coefficient (Wildman–Crippen LogP) is 4.00. The molecule has 0 atom stereocenters. The Morgan fingerprint density at radius 3 is 2.41 bits per heavy atom. The summed E-state index contributed by atoms with van der Waals surface area (Å²) < 4.78 is 49.2. The Morgan fingerprint density at radius 2 is 1.69 bits per heavy atom. The summed E-state index contributed by atoms with van der Waals surface area (Å²) in [5, 5.41) is 3.72. The Labute approximate surface area is 227 Å². The lowest BCUT2D eigenvalue weighted by Gasteiger charge is -2.26. The van der Waals surface area contributed by atoms with Crippen LogP contribution in [0.1, 0.15) is 21.6 Å². The van der Waals surface area contributed by atoms with Crippen molar-refractivity contribution in [1.82, 2.24) is 14.8 Å². The Balaban J connectivity index is 1.41. The first-order valence-electron chi connectivity index (χ1n) is 12.8. The van der Waals surface area contributed by atoms with Gasteiger partial charge in [-0.1, -0.05) is 29.8 Å². The zero-order chi connectivity index (χ0) is 27.4. The van der Waals surface area contributed by atoms with E-state index in [1.807, 2.05) is 11.5 Å². The molecular formula is C29H31FN4O4S. The first kappa shape index (κ1) is 26.9. The quantitative estimate of drug-likeness (QED) is 0.329. The molecule has 1 aliphatic rings. The third-order valence-electron chi connectivity index (χ3n) is 6.79. The molecule has 39 heavy (non-hydrogen) atoms. The molecular weight excluding hydrogens is 519 g/mol. The molecule has 1 amide bonds. The van der Waals surface area contributed by atoms with E-state index < -0.39 is 10.0 Å². The molecule has 1 saturated heterocycles. The fraction of sp³-hybridized carbons (Fsp3) is 0.276. The number of ether oxygens (including phenoxy) is 1. The van der Waals surface area contributed by atoms with E-state index in [2.05, 4.69) is 14.9 Å². The van der Waals surface area contributed by atoms with Gasteiger partial charge in [0.2, 0.25) is 0 Å². The predicted molar refractivity (Wildman–Crippen MR) is 149 cm³/mol. The molecule has 1 aromatic heterocycles. The Kier molecular flexibility index (Phi) is 7.97. The highest BCUT2D eigenvalue weighted by Crippen LogP contribution is 2.26. The topological polar surface area (TPSA) is 92.7 Å². The smallest absolute Gasteiger partial charge is 0.267 e. The van der Waals surface area contributed by atoms with Crippen LogP contribution in [0.4, 0.5) is 10.1 Å². The maximum Gasteiger partial charge on any atom is 0.267 e. The number of hydrogen-bond donors (Lipinski definition) is 2. The molecule has 8 nitrogen and oxygen atoms in total. The number of carbonyl (C=O) groups is 1. The van der Waals surface area contributed by atoms with Gasteiger partial charge < -0.3 is 14.6 Å². The monoisotopic (exact) mass is 550 g/mol. The maximum absolute atomic E-state index is 13.5. The van der Waals surface area contributed by atoms with E-state index in [4.69, 9.17) is 4.74 Å². The fourth-order valence-corrected chi connectivity index (χ4v) is 5.69. The second-order valence-electron chi connectivity index (χ2n) is 9.64. The lowest BCUT2D eigenvalue weighted by Crippen LogP contribution is -2.41. The SMILES string of the molecule is Cc1ccc(S(=O)(=O)Nc2ccc3c(c2)cc(C(=O)NCCN2CCOCC2)n3Cc2ccc(F)cc2)cc1. The summed E-state index contributed by atoms with van der Waals surface area (Å²) in [7, 11) is -3.78. The van der Waals surface area contributed by atoms with Crippen molar-refractivity contribution < 1.29 is 22.3 Å². The van der Waals surface area contributed by atoms with E-state index in [9.17, 15) is 17.6 Å². The highest BCUT2D eigenvalue weighted by atomic mass is 32.2. The average Bonchev–Trinajstić information content (AvgIpc) is 3.28. The molecule has 2 N–H and O–H groups in total. The Morgan fingerprint density at radius 1 is 0.974 bits per heavy atom. The number of aryl methyl sites for hydroxylation is 1. The number of halogens is 1. The molecule has 5 rings (SSSR count). The van der Waals surface area contributed by atoms with Crippen LogP contribution in [0.15, 0.2) is 77.7 Å². The van der Waals surface area contributed by atoms with E-state index in [1.165, 1.54) is 12.1 Å². The molecule has 1 fully saturated rings.